The van der Waals surface area contributed by atoms with Gasteiger partial charge in [-0.05, 0) is 30.5 Å². The summed E-state index contributed by atoms with van der Waals surface area (Å²) in [6.45, 7) is 1.63. The second kappa shape index (κ2) is 6.69. The monoisotopic (exact) mass is 373 g/mol. The molecule has 4 nitrogen and oxygen atoms in total. The third-order valence-electron chi connectivity index (χ3n) is 4.62. The van der Waals surface area contributed by atoms with Crippen LogP contribution in [0.5, 0.6) is 0 Å². The fraction of sp³-hybridized carbons (Fsp3) is 0.412. The molecule has 1 saturated heterocycles. The van der Waals surface area contributed by atoms with Gasteiger partial charge >= 0.3 is 12.1 Å². The van der Waals surface area contributed by atoms with Crippen molar-refractivity contribution < 1.29 is 26.7 Å². The summed E-state index contributed by atoms with van der Waals surface area (Å²) in [6.07, 6.45) is -3.15. The van der Waals surface area contributed by atoms with Gasteiger partial charge in [-0.25, -0.2) is 13.5 Å². The maximum Gasteiger partial charge on any atom is 0.471 e. The fourth-order valence-electron chi connectivity index (χ4n) is 3.40. The molecular formula is C17H16F5N3O. The summed E-state index contributed by atoms with van der Waals surface area (Å²) >= 11 is 0. The summed E-state index contributed by atoms with van der Waals surface area (Å²) in [7, 11) is 0. The minimum Gasteiger partial charge on any atom is -0.335 e. The number of amides is 1. The maximum absolute atomic E-state index is 14.1. The SMILES string of the molecule is CC1CN(C(=O)C(F)(F)F)CCC1c1ccnn1-c1ccc(F)cc1F. The van der Waals surface area contributed by atoms with Gasteiger partial charge in [0.15, 0.2) is 5.82 Å². The Labute approximate surface area is 146 Å². The minimum absolute atomic E-state index is 0.0512. The van der Waals surface area contributed by atoms with Crippen LogP contribution in [0, 0.1) is 17.6 Å². The van der Waals surface area contributed by atoms with Crippen LogP contribution in [-0.4, -0.2) is 39.9 Å². The Morgan fingerprint density at radius 2 is 1.96 bits per heavy atom. The Kier molecular flexibility index (Phi) is 4.72. The van der Waals surface area contributed by atoms with Crippen LogP contribution in [-0.2, 0) is 4.79 Å². The summed E-state index contributed by atoms with van der Waals surface area (Å²) < 4.78 is 66.4. The lowest BCUT2D eigenvalue weighted by Crippen LogP contribution is -2.47. The number of benzene rings is 1. The van der Waals surface area contributed by atoms with Crippen LogP contribution < -0.4 is 0 Å². The number of nitrogens with zero attached hydrogens (tertiary/aromatic N) is 3. The molecule has 1 amide bonds. The van der Waals surface area contributed by atoms with Crippen molar-refractivity contribution in [2.75, 3.05) is 13.1 Å². The molecule has 2 atom stereocenters. The second-order valence-electron chi connectivity index (χ2n) is 6.38. The van der Waals surface area contributed by atoms with Gasteiger partial charge in [0.1, 0.15) is 11.5 Å². The Balaban J connectivity index is 1.84. The van der Waals surface area contributed by atoms with Crippen LogP contribution in [0.15, 0.2) is 30.5 Å². The van der Waals surface area contributed by atoms with Crippen molar-refractivity contribution in [3.63, 3.8) is 0 Å². The van der Waals surface area contributed by atoms with Gasteiger partial charge in [-0.1, -0.05) is 6.92 Å². The van der Waals surface area contributed by atoms with Crippen molar-refractivity contribution >= 4 is 5.91 Å². The van der Waals surface area contributed by atoms with E-state index in [4.69, 9.17) is 0 Å². The van der Waals surface area contributed by atoms with E-state index in [2.05, 4.69) is 5.10 Å². The zero-order chi connectivity index (χ0) is 19.1. The number of carbonyl (C=O) groups is 1. The Hall–Kier alpha value is -2.45. The number of hydrogen-bond donors (Lipinski definition) is 0. The molecule has 2 unspecified atom stereocenters. The molecule has 1 aromatic heterocycles. The lowest BCUT2D eigenvalue weighted by atomic mass is 9.84. The molecule has 140 valence electrons. The topological polar surface area (TPSA) is 38.1 Å². The van der Waals surface area contributed by atoms with E-state index in [-0.39, 0.29) is 37.0 Å². The van der Waals surface area contributed by atoms with Crippen LogP contribution in [0.2, 0.25) is 0 Å². The van der Waals surface area contributed by atoms with Crippen molar-refractivity contribution in [3.05, 3.63) is 47.8 Å². The van der Waals surface area contributed by atoms with Crippen LogP contribution in [0.1, 0.15) is 25.0 Å². The summed E-state index contributed by atoms with van der Waals surface area (Å²) in [5, 5.41) is 4.07. The second-order valence-corrected chi connectivity index (χ2v) is 6.38. The number of likely N-dealkylation sites (tertiary alicyclic amines) is 1. The molecular weight excluding hydrogens is 357 g/mol. The van der Waals surface area contributed by atoms with Crippen molar-refractivity contribution in [1.82, 2.24) is 14.7 Å². The number of carbonyl (C=O) groups excluding carboxylic acids is 1. The number of rotatable bonds is 2. The zero-order valence-corrected chi connectivity index (χ0v) is 13.8. The standard InChI is InChI=1S/C17H16F5N3O/c1-10-9-24(16(26)17(20,21)22)7-5-12(10)14-4-6-23-25(14)15-3-2-11(18)8-13(15)19/h2-4,6,8,10,12H,5,7,9H2,1H3. The Morgan fingerprint density at radius 3 is 2.58 bits per heavy atom. The van der Waals surface area contributed by atoms with E-state index < -0.39 is 23.7 Å². The van der Waals surface area contributed by atoms with E-state index >= 15 is 0 Å². The lowest BCUT2D eigenvalue weighted by Gasteiger charge is -2.37. The third-order valence-corrected chi connectivity index (χ3v) is 4.62. The van der Waals surface area contributed by atoms with Gasteiger partial charge in [-0.3, -0.25) is 4.79 Å². The lowest BCUT2D eigenvalue weighted by molar-refractivity contribution is -0.187. The third kappa shape index (κ3) is 3.42. The van der Waals surface area contributed by atoms with Crippen molar-refractivity contribution in [1.29, 1.82) is 0 Å². The average molecular weight is 373 g/mol. The van der Waals surface area contributed by atoms with Crippen LogP contribution >= 0.6 is 0 Å². The van der Waals surface area contributed by atoms with E-state index in [1.54, 1.807) is 13.0 Å². The molecule has 1 aromatic carbocycles. The summed E-state index contributed by atoms with van der Waals surface area (Å²) in [4.78, 5) is 12.2. The maximum atomic E-state index is 14.1. The number of halogens is 5. The fourth-order valence-corrected chi connectivity index (χ4v) is 3.40. The Morgan fingerprint density at radius 1 is 1.23 bits per heavy atom. The quantitative estimate of drug-likeness (QED) is 0.754. The predicted octanol–water partition coefficient (Wildman–Crippen LogP) is 3.66. The molecule has 1 aliphatic heterocycles. The van der Waals surface area contributed by atoms with Gasteiger partial charge in [-0.2, -0.15) is 18.3 Å². The smallest absolute Gasteiger partial charge is 0.335 e. The Bertz CT molecular complexity index is 817. The number of hydrogen-bond acceptors (Lipinski definition) is 2. The van der Waals surface area contributed by atoms with Crippen molar-refractivity contribution in [2.45, 2.75) is 25.4 Å². The molecule has 0 saturated carbocycles. The highest BCUT2D eigenvalue weighted by Crippen LogP contribution is 2.35. The number of aromatic nitrogens is 2. The minimum atomic E-state index is -4.90. The highest BCUT2D eigenvalue weighted by molar-refractivity contribution is 5.82. The molecule has 2 heterocycles. The van der Waals surface area contributed by atoms with E-state index in [9.17, 15) is 26.7 Å². The van der Waals surface area contributed by atoms with Gasteiger partial charge in [-0.15, -0.1) is 0 Å². The first-order valence-electron chi connectivity index (χ1n) is 8.04. The molecule has 0 N–H and O–H groups in total. The average Bonchev–Trinajstić information content (AvgIpc) is 3.02. The van der Waals surface area contributed by atoms with Gasteiger partial charge in [0, 0.05) is 37.0 Å². The highest BCUT2D eigenvalue weighted by Gasteiger charge is 2.44. The molecule has 0 bridgehead atoms. The zero-order valence-electron chi connectivity index (χ0n) is 13.8. The van der Waals surface area contributed by atoms with Gasteiger partial charge in [0.2, 0.25) is 0 Å². The van der Waals surface area contributed by atoms with Crippen LogP contribution in [0.4, 0.5) is 22.0 Å². The number of piperidine rings is 1. The first kappa shape index (κ1) is 18.3. The van der Waals surface area contributed by atoms with E-state index in [1.807, 2.05) is 0 Å². The van der Waals surface area contributed by atoms with E-state index in [0.717, 1.165) is 17.0 Å². The molecule has 1 aliphatic rings. The normalized spacial score (nSPS) is 21.1. The van der Waals surface area contributed by atoms with Crippen molar-refractivity contribution in [3.8, 4) is 5.69 Å². The summed E-state index contributed by atoms with van der Waals surface area (Å²) in [6, 6.07) is 4.77. The van der Waals surface area contributed by atoms with Gasteiger partial charge < -0.3 is 4.90 Å². The first-order chi connectivity index (χ1) is 12.2. The van der Waals surface area contributed by atoms with E-state index in [0.29, 0.717) is 5.69 Å². The van der Waals surface area contributed by atoms with E-state index in [1.165, 1.54) is 16.9 Å². The molecule has 3 rings (SSSR count). The molecule has 0 aliphatic carbocycles. The highest BCUT2D eigenvalue weighted by atomic mass is 19.4. The largest absolute Gasteiger partial charge is 0.471 e. The van der Waals surface area contributed by atoms with Crippen LogP contribution in [0.25, 0.3) is 5.69 Å². The van der Waals surface area contributed by atoms with Gasteiger partial charge in [0.05, 0.1) is 0 Å². The summed E-state index contributed by atoms with van der Waals surface area (Å²) in [5.41, 5.74) is 0.675. The molecule has 9 heteroatoms. The number of alkyl halides is 3. The molecule has 0 radical (unpaired) electrons. The predicted molar refractivity (Wildman–Crippen MR) is 82.6 cm³/mol. The summed E-state index contributed by atoms with van der Waals surface area (Å²) in [5.74, 6) is -3.84. The first-order valence-corrected chi connectivity index (χ1v) is 8.04. The van der Waals surface area contributed by atoms with Gasteiger partial charge in [0.25, 0.3) is 0 Å². The molecule has 26 heavy (non-hydrogen) atoms. The molecule has 1 fully saturated rings. The van der Waals surface area contributed by atoms with Crippen LogP contribution in [0.3, 0.4) is 0 Å². The molecule has 2 aromatic rings. The molecule has 0 spiro atoms. The van der Waals surface area contributed by atoms with Crippen molar-refractivity contribution in [2.24, 2.45) is 5.92 Å².